The van der Waals surface area contributed by atoms with Crippen LogP contribution in [0.15, 0.2) is 12.7 Å². The third-order valence-corrected chi connectivity index (χ3v) is 2.81. The van der Waals surface area contributed by atoms with Crippen LogP contribution in [-0.2, 0) is 28.7 Å². The van der Waals surface area contributed by atoms with E-state index >= 15 is 0 Å². The van der Waals surface area contributed by atoms with E-state index in [-0.39, 0.29) is 13.1 Å². The van der Waals surface area contributed by atoms with Gasteiger partial charge in [0.1, 0.15) is 6.10 Å². The van der Waals surface area contributed by atoms with Crippen LogP contribution in [0.5, 0.6) is 0 Å². The Morgan fingerprint density at radius 3 is 1.31 bits per heavy atom. The van der Waals surface area contributed by atoms with E-state index in [1.807, 2.05) is 0 Å². The van der Waals surface area contributed by atoms with Crippen molar-refractivity contribution in [1.29, 1.82) is 0 Å². The van der Waals surface area contributed by atoms with Gasteiger partial charge in [0.15, 0.2) is 0 Å². The highest BCUT2D eigenvalue weighted by atomic mass is 16.5. The maximum absolute atomic E-state index is 11.4. The number of aliphatic carboxylic acids is 4. The molecule has 0 rings (SSSR count). The van der Waals surface area contributed by atoms with Crippen molar-refractivity contribution in [3.8, 4) is 0 Å². The van der Waals surface area contributed by atoms with Crippen molar-refractivity contribution >= 4 is 29.8 Å². The number of nitrogens with zero attached hydrogens (tertiary/aromatic N) is 2. The topological polar surface area (TPSA) is 182 Å². The van der Waals surface area contributed by atoms with E-state index in [9.17, 15) is 24.0 Å². The van der Waals surface area contributed by atoms with Gasteiger partial charge in [-0.3, -0.25) is 29.0 Å². The molecule has 0 atom stereocenters. The van der Waals surface area contributed by atoms with Gasteiger partial charge in [0.2, 0.25) is 0 Å². The first-order chi connectivity index (χ1) is 12.0. The molecule has 0 aromatic rings. The fourth-order valence-corrected chi connectivity index (χ4v) is 2.06. The Morgan fingerprint density at radius 2 is 1.08 bits per heavy atom. The minimum absolute atomic E-state index is 0.367. The summed E-state index contributed by atoms with van der Waals surface area (Å²) in [5, 5.41) is 35.3. The van der Waals surface area contributed by atoms with Crippen LogP contribution in [0, 0.1) is 0 Å². The molecular weight excluding hydrogens is 356 g/mol. The summed E-state index contributed by atoms with van der Waals surface area (Å²) >= 11 is 0. The van der Waals surface area contributed by atoms with Crippen molar-refractivity contribution in [3.63, 3.8) is 0 Å². The lowest BCUT2D eigenvalue weighted by molar-refractivity contribution is -0.147. The molecule has 0 spiro atoms. The molecule has 0 aliphatic rings. The van der Waals surface area contributed by atoms with E-state index < -0.39 is 62.1 Å². The van der Waals surface area contributed by atoms with Crippen molar-refractivity contribution in [2.75, 3.05) is 39.3 Å². The summed E-state index contributed by atoms with van der Waals surface area (Å²) in [6.07, 6.45) is -0.373. The highest BCUT2D eigenvalue weighted by Gasteiger charge is 2.25. The molecule has 0 unspecified atom stereocenters. The molecule has 12 heteroatoms. The molecule has 26 heavy (non-hydrogen) atoms. The number of hydrogen-bond acceptors (Lipinski definition) is 8. The maximum atomic E-state index is 11.4. The summed E-state index contributed by atoms with van der Waals surface area (Å²) in [6, 6.07) is 0. The Kier molecular flexibility index (Phi) is 10.2. The van der Waals surface area contributed by atoms with Gasteiger partial charge in [-0.05, 0) is 0 Å². The monoisotopic (exact) mass is 376 g/mol. The summed E-state index contributed by atoms with van der Waals surface area (Å²) in [5.41, 5.74) is 0. The molecule has 146 valence electrons. The Labute approximate surface area is 147 Å². The first-order valence-electron chi connectivity index (χ1n) is 7.18. The number of carbonyl (C=O) groups excluding carboxylic acids is 1. The molecule has 0 aliphatic carbocycles. The zero-order chi connectivity index (χ0) is 20.3. The van der Waals surface area contributed by atoms with Gasteiger partial charge in [-0.2, -0.15) is 0 Å². The van der Waals surface area contributed by atoms with E-state index in [1.165, 1.54) is 0 Å². The molecule has 12 nitrogen and oxygen atoms in total. The van der Waals surface area contributed by atoms with Gasteiger partial charge in [0.25, 0.3) is 0 Å². The van der Waals surface area contributed by atoms with Gasteiger partial charge in [-0.15, -0.1) is 0 Å². The van der Waals surface area contributed by atoms with Crippen LogP contribution in [0.1, 0.15) is 0 Å². The Hall–Kier alpha value is -2.99. The average molecular weight is 376 g/mol. The summed E-state index contributed by atoms with van der Waals surface area (Å²) in [4.78, 5) is 56.7. The number of rotatable bonds is 14. The fourth-order valence-electron chi connectivity index (χ4n) is 2.06. The smallest absolute Gasteiger partial charge is 0.330 e. The minimum Gasteiger partial charge on any atom is -0.480 e. The van der Waals surface area contributed by atoms with E-state index in [2.05, 4.69) is 6.58 Å². The van der Waals surface area contributed by atoms with Crippen molar-refractivity contribution < 1.29 is 49.1 Å². The van der Waals surface area contributed by atoms with Gasteiger partial charge in [0.05, 0.1) is 26.2 Å². The lowest BCUT2D eigenvalue weighted by atomic mass is 10.2. The number of hydrogen-bond donors (Lipinski definition) is 4. The van der Waals surface area contributed by atoms with Crippen LogP contribution in [0.3, 0.4) is 0 Å². The lowest BCUT2D eigenvalue weighted by Gasteiger charge is -2.28. The standard InChI is InChI=1S/C14H20N2O10/c1-2-14(25)26-9(3-15(5-10(17)18)6-11(19)20)4-16(7-12(21)22)8-13(23)24/h2,9H,1,3-8H2,(H,17,18)(H,19,20)(H,21,22)(H,23,24). The second-order valence-corrected chi connectivity index (χ2v) is 5.18. The molecular formula is C14H20N2O10. The first kappa shape index (κ1) is 23.0. The molecule has 0 saturated heterocycles. The van der Waals surface area contributed by atoms with E-state index in [0.29, 0.717) is 0 Å². The van der Waals surface area contributed by atoms with E-state index in [0.717, 1.165) is 15.9 Å². The van der Waals surface area contributed by atoms with Gasteiger partial charge >= 0.3 is 29.8 Å². The van der Waals surface area contributed by atoms with Crippen LogP contribution in [-0.4, -0.2) is 105 Å². The second kappa shape index (κ2) is 11.5. The molecule has 0 heterocycles. The Balaban J connectivity index is 5.29. The summed E-state index contributed by atoms with van der Waals surface area (Å²) in [7, 11) is 0. The van der Waals surface area contributed by atoms with Gasteiger partial charge in [-0.25, -0.2) is 4.79 Å². The fraction of sp³-hybridized carbons (Fsp3) is 0.500. The van der Waals surface area contributed by atoms with Crippen LogP contribution in [0.25, 0.3) is 0 Å². The number of carboxylic acid groups (broad SMARTS) is 4. The van der Waals surface area contributed by atoms with Crippen LogP contribution in [0.4, 0.5) is 0 Å². The molecule has 0 fully saturated rings. The molecule has 0 aromatic heterocycles. The van der Waals surface area contributed by atoms with E-state index in [4.69, 9.17) is 25.2 Å². The van der Waals surface area contributed by atoms with Gasteiger partial charge < -0.3 is 25.2 Å². The lowest BCUT2D eigenvalue weighted by Crippen LogP contribution is -2.47. The van der Waals surface area contributed by atoms with Crippen LogP contribution < -0.4 is 0 Å². The maximum Gasteiger partial charge on any atom is 0.330 e. The number of ether oxygens (including phenoxy) is 1. The predicted molar refractivity (Wildman–Crippen MR) is 83.5 cm³/mol. The number of esters is 1. The molecule has 4 N–H and O–H groups in total. The molecule has 0 amide bonds. The Morgan fingerprint density at radius 1 is 0.769 bits per heavy atom. The second-order valence-electron chi connectivity index (χ2n) is 5.18. The van der Waals surface area contributed by atoms with Crippen molar-refractivity contribution in [2.24, 2.45) is 0 Å². The van der Waals surface area contributed by atoms with Gasteiger partial charge in [-0.1, -0.05) is 6.58 Å². The predicted octanol–water partition coefficient (Wildman–Crippen LogP) is -1.97. The normalized spacial score (nSPS) is 10.7. The number of carbonyl (C=O) groups is 5. The summed E-state index contributed by atoms with van der Waals surface area (Å²) in [6.45, 7) is -0.244. The van der Waals surface area contributed by atoms with Crippen LogP contribution >= 0.6 is 0 Å². The third kappa shape index (κ3) is 11.5. The highest BCUT2D eigenvalue weighted by molar-refractivity contribution is 5.81. The SMILES string of the molecule is C=CC(=O)OC(CN(CC(=O)O)CC(=O)O)CN(CC(=O)O)CC(=O)O. The Bertz CT molecular complexity index is 492. The quantitative estimate of drug-likeness (QED) is 0.194. The summed E-state index contributed by atoms with van der Waals surface area (Å²) in [5.74, 6) is -6.21. The average Bonchev–Trinajstić information content (AvgIpc) is 2.43. The zero-order valence-electron chi connectivity index (χ0n) is 13.7. The van der Waals surface area contributed by atoms with Crippen LogP contribution in [0.2, 0.25) is 0 Å². The molecule has 0 aliphatic heterocycles. The van der Waals surface area contributed by atoms with Crippen molar-refractivity contribution in [2.45, 2.75) is 6.10 Å². The summed E-state index contributed by atoms with van der Waals surface area (Å²) < 4.78 is 4.97. The van der Waals surface area contributed by atoms with Gasteiger partial charge in [0, 0.05) is 19.2 Å². The van der Waals surface area contributed by atoms with Crippen molar-refractivity contribution in [1.82, 2.24) is 9.80 Å². The molecule has 0 saturated carbocycles. The number of carboxylic acids is 4. The first-order valence-corrected chi connectivity index (χ1v) is 7.18. The molecule has 0 radical (unpaired) electrons. The van der Waals surface area contributed by atoms with Crippen molar-refractivity contribution in [3.05, 3.63) is 12.7 Å². The zero-order valence-corrected chi connectivity index (χ0v) is 13.7. The van der Waals surface area contributed by atoms with E-state index in [1.54, 1.807) is 0 Å². The molecule has 0 bridgehead atoms. The minimum atomic E-state index is -1.33. The largest absolute Gasteiger partial charge is 0.480 e. The third-order valence-electron chi connectivity index (χ3n) is 2.81. The molecule has 0 aromatic carbocycles. The highest BCUT2D eigenvalue weighted by Crippen LogP contribution is 2.04.